The zero-order valence-electron chi connectivity index (χ0n) is 14.1. The third kappa shape index (κ3) is 4.58. The average Bonchev–Trinajstić information content (AvgIpc) is 2.25. The van der Waals surface area contributed by atoms with Gasteiger partial charge < -0.3 is 15.0 Å². The quantitative estimate of drug-likeness (QED) is 0.838. The zero-order valence-corrected chi connectivity index (χ0v) is 14.1. The Kier molecular flexibility index (Phi) is 5.23. The average molecular weight is 291 g/mol. The molecule has 1 aromatic rings. The second-order valence-corrected chi connectivity index (χ2v) is 6.98. The van der Waals surface area contributed by atoms with Gasteiger partial charge in [-0.3, -0.25) is 4.79 Å². The van der Waals surface area contributed by atoms with Crippen molar-refractivity contribution in [3.8, 4) is 0 Å². The van der Waals surface area contributed by atoms with Gasteiger partial charge in [0.05, 0.1) is 5.60 Å². The molecule has 116 valence electrons. The first-order chi connectivity index (χ1) is 9.44. The second kappa shape index (κ2) is 6.20. The number of carbonyl (C=O) groups excluding carboxylic acids is 1. The van der Waals surface area contributed by atoms with E-state index >= 15 is 0 Å². The van der Waals surface area contributed by atoms with Crippen molar-refractivity contribution in [2.45, 2.75) is 54.1 Å². The van der Waals surface area contributed by atoms with E-state index in [1.54, 1.807) is 12.1 Å². The summed E-state index contributed by atoms with van der Waals surface area (Å²) in [7, 11) is -0.995. The van der Waals surface area contributed by atoms with E-state index in [-0.39, 0.29) is 11.3 Å². The summed E-state index contributed by atoms with van der Waals surface area (Å²) >= 11 is 0. The van der Waals surface area contributed by atoms with Crippen molar-refractivity contribution in [1.29, 1.82) is 0 Å². The number of aryl methyl sites for hydroxylation is 1. The van der Waals surface area contributed by atoms with Crippen LogP contribution in [0.1, 0.15) is 47.1 Å². The molecule has 2 N–H and O–H groups in total. The van der Waals surface area contributed by atoms with Crippen LogP contribution in [0.4, 0.5) is 5.69 Å². The number of nitrogens with one attached hydrogen (secondary N) is 1. The Labute approximate surface area is 128 Å². The maximum Gasteiger partial charge on any atom is 0.491 e. The highest BCUT2D eigenvalue weighted by Crippen LogP contribution is 2.33. The van der Waals surface area contributed by atoms with Crippen molar-refractivity contribution in [2.75, 3.05) is 5.32 Å². The molecule has 0 aromatic heterocycles. The number of anilines is 1. The molecule has 21 heavy (non-hydrogen) atoms. The van der Waals surface area contributed by atoms with Crippen LogP contribution in [0.2, 0.25) is 0 Å². The summed E-state index contributed by atoms with van der Waals surface area (Å²) in [5, 5.41) is 13.1. The van der Waals surface area contributed by atoms with Crippen molar-refractivity contribution < 1.29 is 14.5 Å². The van der Waals surface area contributed by atoms with Crippen molar-refractivity contribution >= 4 is 24.2 Å². The summed E-state index contributed by atoms with van der Waals surface area (Å²) in [5.41, 5.74) is 1.72. The van der Waals surface area contributed by atoms with Gasteiger partial charge in [0.15, 0.2) is 0 Å². The molecule has 0 bridgehead atoms. The first kappa shape index (κ1) is 17.7. The molecule has 0 aliphatic heterocycles. The fourth-order valence-corrected chi connectivity index (χ4v) is 1.75. The molecule has 0 unspecified atom stereocenters. The minimum atomic E-state index is -0.995. The van der Waals surface area contributed by atoms with E-state index in [2.05, 4.69) is 26.1 Å². The number of carbonyl (C=O) groups is 1. The number of hydrogen-bond acceptors (Lipinski definition) is 3. The lowest BCUT2D eigenvalue weighted by molar-refractivity contribution is -0.114. The van der Waals surface area contributed by atoms with Crippen LogP contribution < -0.4 is 10.8 Å². The topological polar surface area (TPSA) is 58.6 Å². The molecule has 1 rings (SSSR count). The Morgan fingerprint density at radius 3 is 2.24 bits per heavy atom. The molecule has 1 amide bonds. The van der Waals surface area contributed by atoms with Gasteiger partial charge in [-0.05, 0) is 49.3 Å². The molecular weight excluding hydrogens is 265 g/mol. The fraction of sp³-hybridized carbons (Fsp3) is 0.562. The van der Waals surface area contributed by atoms with E-state index in [1.807, 2.05) is 26.8 Å². The van der Waals surface area contributed by atoms with Gasteiger partial charge in [0.25, 0.3) is 0 Å². The normalized spacial score (nSPS) is 12.2. The van der Waals surface area contributed by atoms with E-state index in [1.165, 1.54) is 6.92 Å². The summed E-state index contributed by atoms with van der Waals surface area (Å²) < 4.78 is 5.86. The predicted octanol–water partition coefficient (Wildman–Crippen LogP) is 2.48. The van der Waals surface area contributed by atoms with Gasteiger partial charge in [-0.2, -0.15) is 0 Å². The fourth-order valence-electron chi connectivity index (χ4n) is 1.75. The van der Waals surface area contributed by atoms with Crippen LogP contribution in [0.15, 0.2) is 18.2 Å². The number of hydrogen-bond donors (Lipinski definition) is 2. The zero-order chi connectivity index (χ0) is 16.4. The highest BCUT2D eigenvalue weighted by atomic mass is 16.5. The molecule has 0 saturated carbocycles. The Morgan fingerprint density at radius 2 is 1.81 bits per heavy atom. The molecule has 0 saturated heterocycles. The van der Waals surface area contributed by atoms with E-state index < -0.39 is 12.7 Å². The smallest absolute Gasteiger partial charge is 0.423 e. The highest BCUT2D eigenvalue weighted by Gasteiger charge is 2.37. The largest absolute Gasteiger partial charge is 0.491 e. The number of rotatable bonds is 4. The SMILES string of the molecule is CC(=O)Nc1ccc(B(O)OC(C)(C)C(C)(C)C)c(C)c1. The Bertz CT molecular complexity index is 521. The summed E-state index contributed by atoms with van der Waals surface area (Å²) in [6, 6.07) is 5.37. The van der Waals surface area contributed by atoms with Crippen LogP contribution in [0.25, 0.3) is 0 Å². The van der Waals surface area contributed by atoms with Crippen LogP contribution in [0.5, 0.6) is 0 Å². The van der Waals surface area contributed by atoms with E-state index in [0.29, 0.717) is 11.2 Å². The van der Waals surface area contributed by atoms with Gasteiger partial charge in [0.2, 0.25) is 5.91 Å². The molecule has 0 spiro atoms. The van der Waals surface area contributed by atoms with Crippen molar-refractivity contribution in [3.05, 3.63) is 23.8 Å². The lowest BCUT2D eigenvalue weighted by atomic mass is 9.72. The van der Waals surface area contributed by atoms with Crippen LogP contribution >= 0.6 is 0 Å². The van der Waals surface area contributed by atoms with Gasteiger partial charge in [-0.25, -0.2) is 0 Å². The van der Waals surface area contributed by atoms with Gasteiger partial charge >= 0.3 is 7.12 Å². The van der Waals surface area contributed by atoms with Crippen LogP contribution in [-0.4, -0.2) is 23.7 Å². The van der Waals surface area contributed by atoms with Gasteiger partial charge in [0, 0.05) is 12.6 Å². The molecule has 0 atom stereocenters. The number of benzene rings is 1. The summed E-state index contributed by atoms with van der Waals surface area (Å²) in [5.74, 6) is -0.118. The Morgan fingerprint density at radius 1 is 1.24 bits per heavy atom. The standard InChI is InChI=1S/C16H26BNO3/c1-11-10-13(18-12(2)19)8-9-14(11)17(20)21-16(6,7)15(3,4)5/h8-10,20H,1-7H3,(H,18,19). The molecule has 0 heterocycles. The Balaban J connectivity index is 2.93. The predicted molar refractivity (Wildman–Crippen MR) is 87.7 cm³/mol. The molecule has 0 radical (unpaired) electrons. The maximum atomic E-state index is 11.1. The van der Waals surface area contributed by atoms with Crippen LogP contribution in [0.3, 0.4) is 0 Å². The van der Waals surface area contributed by atoms with Crippen molar-refractivity contribution in [3.63, 3.8) is 0 Å². The maximum absolute atomic E-state index is 11.1. The number of amides is 1. The third-order valence-corrected chi connectivity index (χ3v) is 4.07. The summed E-state index contributed by atoms with van der Waals surface area (Å²) in [4.78, 5) is 11.1. The molecular formula is C16H26BNO3. The minimum absolute atomic E-state index is 0.0992. The molecule has 1 aromatic carbocycles. The summed E-state index contributed by atoms with van der Waals surface area (Å²) in [6.07, 6.45) is 0. The molecule has 0 fully saturated rings. The van der Waals surface area contributed by atoms with Crippen LogP contribution in [-0.2, 0) is 9.45 Å². The molecule has 4 nitrogen and oxygen atoms in total. The molecule has 5 heteroatoms. The Hall–Kier alpha value is -1.33. The first-order valence-electron chi connectivity index (χ1n) is 7.18. The van der Waals surface area contributed by atoms with Gasteiger partial charge in [0.1, 0.15) is 0 Å². The van der Waals surface area contributed by atoms with Gasteiger partial charge in [-0.15, -0.1) is 0 Å². The molecule has 0 aliphatic carbocycles. The van der Waals surface area contributed by atoms with E-state index in [4.69, 9.17) is 4.65 Å². The van der Waals surface area contributed by atoms with Gasteiger partial charge in [-0.1, -0.05) is 26.8 Å². The second-order valence-electron chi connectivity index (χ2n) is 6.98. The lowest BCUT2D eigenvalue weighted by Gasteiger charge is -2.40. The highest BCUT2D eigenvalue weighted by molar-refractivity contribution is 6.60. The minimum Gasteiger partial charge on any atom is -0.423 e. The van der Waals surface area contributed by atoms with Crippen molar-refractivity contribution in [2.24, 2.45) is 5.41 Å². The summed E-state index contributed by atoms with van der Waals surface area (Å²) in [6.45, 7) is 13.5. The van der Waals surface area contributed by atoms with E-state index in [0.717, 1.165) is 5.56 Å². The first-order valence-corrected chi connectivity index (χ1v) is 7.18. The monoisotopic (exact) mass is 291 g/mol. The van der Waals surface area contributed by atoms with Crippen molar-refractivity contribution in [1.82, 2.24) is 0 Å². The lowest BCUT2D eigenvalue weighted by Crippen LogP contribution is -2.48. The third-order valence-electron chi connectivity index (χ3n) is 4.07. The van der Waals surface area contributed by atoms with E-state index in [9.17, 15) is 9.82 Å². The molecule has 0 aliphatic rings. The van der Waals surface area contributed by atoms with Crippen LogP contribution in [0, 0.1) is 12.3 Å².